The van der Waals surface area contributed by atoms with Gasteiger partial charge in [-0.15, -0.1) is 0 Å². The number of esters is 1. The van der Waals surface area contributed by atoms with E-state index >= 15 is 0 Å². The number of nitrogens with zero attached hydrogens (tertiary/aromatic N) is 1. The summed E-state index contributed by atoms with van der Waals surface area (Å²) in [7, 11) is 0. The van der Waals surface area contributed by atoms with Crippen molar-refractivity contribution in [1.29, 1.82) is 0 Å². The van der Waals surface area contributed by atoms with Gasteiger partial charge in [-0.2, -0.15) is 0 Å². The number of aryl methyl sites for hydroxylation is 1. The van der Waals surface area contributed by atoms with Crippen LogP contribution in [-0.4, -0.2) is 30.1 Å². The van der Waals surface area contributed by atoms with Crippen LogP contribution >= 0.6 is 0 Å². The van der Waals surface area contributed by atoms with E-state index in [1.807, 2.05) is 19.9 Å². The number of rotatable bonds is 6. The molecule has 0 fully saturated rings. The molecule has 0 unspecified atom stereocenters. The summed E-state index contributed by atoms with van der Waals surface area (Å²) in [6.45, 7) is 7.19. The van der Waals surface area contributed by atoms with Gasteiger partial charge in [-0.25, -0.2) is 9.59 Å². The summed E-state index contributed by atoms with van der Waals surface area (Å²) < 4.78 is 4.95. The molecular formula is C16H23NO3. The summed E-state index contributed by atoms with van der Waals surface area (Å²) in [5, 5.41) is 0. The summed E-state index contributed by atoms with van der Waals surface area (Å²) >= 11 is 0. The standard InChI is InChI=1S/C16H23NO3/c1-4-6-11-17(10-5-2)16(19)20-15(18)14-9-7-8-13(3)12-14/h7-9,12H,4-6,10-11H2,1-3H3. The largest absolute Gasteiger partial charge is 0.417 e. The van der Waals surface area contributed by atoms with Crippen molar-refractivity contribution in [3.05, 3.63) is 35.4 Å². The number of carbonyl (C=O) groups excluding carboxylic acids is 2. The maximum Gasteiger partial charge on any atom is 0.417 e. The normalized spacial score (nSPS) is 10.2. The first-order valence-electron chi connectivity index (χ1n) is 7.16. The zero-order chi connectivity index (χ0) is 15.0. The minimum Gasteiger partial charge on any atom is -0.372 e. The fourth-order valence-corrected chi connectivity index (χ4v) is 1.89. The summed E-state index contributed by atoms with van der Waals surface area (Å²) in [4.78, 5) is 25.5. The van der Waals surface area contributed by atoms with Crippen molar-refractivity contribution in [1.82, 2.24) is 4.90 Å². The lowest BCUT2D eigenvalue weighted by Gasteiger charge is -2.20. The van der Waals surface area contributed by atoms with Crippen LogP contribution in [0.5, 0.6) is 0 Å². The predicted molar refractivity (Wildman–Crippen MR) is 78.8 cm³/mol. The molecule has 4 heteroatoms. The van der Waals surface area contributed by atoms with Crippen molar-refractivity contribution < 1.29 is 14.3 Å². The van der Waals surface area contributed by atoms with E-state index in [9.17, 15) is 9.59 Å². The molecule has 0 radical (unpaired) electrons. The highest BCUT2D eigenvalue weighted by molar-refractivity contribution is 5.96. The molecule has 4 nitrogen and oxygen atoms in total. The van der Waals surface area contributed by atoms with Crippen LogP contribution in [0.3, 0.4) is 0 Å². The van der Waals surface area contributed by atoms with Crippen molar-refractivity contribution in [2.75, 3.05) is 13.1 Å². The number of carbonyl (C=O) groups is 2. The minimum atomic E-state index is -0.587. The second-order valence-electron chi connectivity index (χ2n) is 4.87. The van der Waals surface area contributed by atoms with Crippen LogP contribution in [0.4, 0.5) is 4.79 Å². The summed E-state index contributed by atoms with van der Waals surface area (Å²) in [5.41, 5.74) is 1.37. The van der Waals surface area contributed by atoms with E-state index < -0.39 is 12.1 Å². The summed E-state index contributed by atoms with van der Waals surface area (Å²) in [6.07, 6.45) is 2.21. The first kappa shape index (κ1) is 16.2. The van der Waals surface area contributed by atoms with Crippen LogP contribution < -0.4 is 0 Å². The Labute approximate surface area is 120 Å². The Balaban J connectivity index is 2.64. The molecule has 1 aromatic carbocycles. The van der Waals surface area contributed by atoms with Gasteiger partial charge in [-0.3, -0.25) is 0 Å². The highest BCUT2D eigenvalue weighted by Crippen LogP contribution is 2.08. The smallest absolute Gasteiger partial charge is 0.372 e. The average Bonchev–Trinajstić information content (AvgIpc) is 2.43. The topological polar surface area (TPSA) is 46.6 Å². The second-order valence-corrected chi connectivity index (χ2v) is 4.87. The molecule has 1 rings (SSSR count). The predicted octanol–water partition coefficient (Wildman–Crippen LogP) is 3.78. The average molecular weight is 277 g/mol. The lowest BCUT2D eigenvalue weighted by atomic mass is 10.1. The fourth-order valence-electron chi connectivity index (χ4n) is 1.89. The molecule has 1 aromatic rings. The Morgan fingerprint density at radius 1 is 1.15 bits per heavy atom. The van der Waals surface area contributed by atoms with Crippen molar-refractivity contribution >= 4 is 12.1 Å². The molecule has 0 bridgehead atoms. The number of benzene rings is 1. The summed E-state index contributed by atoms with van der Waals surface area (Å²) in [6, 6.07) is 7.03. The minimum absolute atomic E-state index is 0.408. The quantitative estimate of drug-likeness (QED) is 0.587. The molecule has 0 aliphatic rings. The van der Waals surface area contributed by atoms with Gasteiger partial charge in [-0.05, 0) is 31.9 Å². The highest BCUT2D eigenvalue weighted by Gasteiger charge is 2.18. The van der Waals surface area contributed by atoms with E-state index in [0.717, 1.165) is 24.8 Å². The molecular weight excluding hydrogens is 254 g/mol. The van der Waals surface area contributed by atoms with Crippen LogP contribution in [0.15, 0.2) is 24.3 Å². The van der Waals surface area contributed by atoms with Crippen molar-refractivity contribution in [2.45, 2.75) is 40.0 Å². The van der Waals surface area contributed by atoms with E-state index in [1.165, 1.54) is 0 Å². The maximum absolute atomic E-state index is 12.0. The third kappa shape index (κ3) is 5.03. The van der Waals surface area contributed by atoms with Crippen LogP contribution in [0.25, 0.3) is 0 Å². The molecule has 0 N–H and O–H groups in total. The molecule has 0 aliphatic heterocycles. The maximum atomic E-state index is 12.0. The highest BCUT2D eigenvalue weighted by atomic mass is 16.6. The monoisotopic (exact) mass is 277 g/mol. The Bertz CT molecular complexity index is 457. The molecule has 0 atom stereocenters. The van der Waals surface area contributed by atoms with Crippen LogP contribution in [-0.2, 0) is 4.74 Å². The fraction of sp³-hybridized carbons (Fsp3) is 0.500. The van der Waals surface area contributed by atoms with Gasteiger partial charge in [0.1, 0.15) is 0 Å². The number of ether oxygens (including phenoxy) is 1. The van der Waals surface area contributed by atoms with Crippen molar-refractivity contribution in [2.24, 2.45) is 0 Å². The van der Waals surface area contributed by atoms with E-state index in [0.29, 0.717) is 18.7 Å². The van der Waals surface area contributed by atoms with Gasteiger partial charge in [0.25, 0.3) is 0 Å². The lowest BCUT2D eigenvalue weighted by molar-refractivity contribution is 0.0540. The molecule has 20 heavy (non-hydrogen) atoms. The van der Waals surface area contributed by atoms with Crippen LogP contribution in [0.2, 0.25) is 0 Å². The molecule has 110 valence electrons. The number of unbranched alkanes of at least 4 members (excludes halogenated alkanes) is 1. The van der Waals surface area contributed by atoms with Gasteiger partial charge in [0, 0.05) is 13.1 Å². The molecule has 0 aromatic heterocycles. The van der Waals surface area contributed by atoms with E-state index in [2.05, 4.69) is 6.92 Å². The molecule has 0 spiro atoms. The van der Waals surface area contributed by atoms with Gasteiger partial charge < -0.3 is 9.64 Å². The third-order valence-electron chi connectivity index (χ3n) is 2.97. The number of hydrogen-bond donors (Lipinski definition) is 0. The van der Waals surface area contributed by atoms with Crippen LogP contribution in [0, 0.1) is 6.92 Å². The number of amides is 1. The van der Waals surface area contributed by atoms with Crippen molar-refractivity contribution in [3.63, 3.8) is 0 Å². The number of hydrogen-bond acceptors (Lipinski definition) is 3. The first-order chi connectivity index (χ1) is 9.58. The Morgan fingerprint density at radius 3 is 2.50 bits per heavy atom. The third-order valence-corrected chi connectivity index (χ3v) is 2.97. The van der Waals surface area contributed by atoms with Gasteiger partial charge >= 0.3 is 12.1 Å². The molecule has 0 saturated carbocycles. The second kappa shape index (κ2) is 8.35. The van der Waals surface area contributed by atoms with Gasteiger partial charge in [0.05, 0.1) is 5.56 Å². The Morgan fingerprint density at radius 2 is 1.90 bits per heavy atom. The SMILES string of the molecule is CCCCN(CCC)C(=O)OC(=O)c1cccc(C)c1. The molecule has 0 aliphatic carbocycles. The molecule has 1 amide bonds. The lowest BCUT2D eigenvalue weighted by Crippen LogP contribution is -2.34. The molecule has 0 saturated heterocycles. The van der Waals surface area contributed by atoms with Gasteiger partial charge in [-0.1, -0.05) is 38.0 Å². The van der Waals surface area contributed by atoms with E-state index in [-0.39, 0.29) is 0 Å². The van der Waals surface area contributed by atoms with E-state index in [1.54, 1.807) is 23.1 Å². The van der Waals surface area contributed by atoms with Gasteiger partial charge in [0.2, 0.25) is 0 Å². The molecule has 0 heterocycles. The zero-order valence-electron chi connectivity index (χ0n) is 12.5. The Kier molecular flexibility index (Phi) is 6.77. The van der Waals surface area contributed by atoms with Crippen molar-refractivity contribution in [3.8, 4) is 0 Å². The summed E-state index contributed by atoms with van der Waals surface area (Å²) in [5.74, 6) is -0.587. The van der Waals surface area contributed by atoms with E-state index in [4.69, 9.17) is 4.74 Å². The van der Waals surface area contributed by atoms with Crippen LogP contribution in [0.1, 0.15) is 49.0 Å². The van der Waals surface area contributed by atoms with Gasteiger partial charge in [0.15, 0.2) is 0 Å². The first-order valence-corrected chi connectivity index (χ1v) is 7.16. The Hall–Kier alpha value is -1.84. The zero-order valence-corrected chi connectivity index (χ0v) is 12.5.